The van der Waals surface area contributed by atoms with Crippen LogP contribution in [-0.2, 0) is 14.3 Å². The molecule has 0 aliphatic heterocycles. The maximum Gasteiger partial charge on any atom is 0.339 e. The molecule has 1 rings (SSSR count). The zero-order chi connectivity index (χ0) is 16.0. The van der Waals surface area contributed by atoms with Crippen molar-refractivity contribution < 1.29 is 19.1 Å². The van der Waals surface area contributed by atoms with Gasteiger partial charge >= 0.3 is 11.9 Å². The summed E-state index contributed by atoms with van der Waals surface area (Å²) in [6, 6.07) is 3.80. The second-order valence-corrected chi connectivity index (χ2v) is 7.64. The molecule has 0 aliphatic carbocycles. The van der Waals surface area contributed by atoms with Crippen molar-refractivity contribution in [3.8, 4) is 0 Å². The second-order valence-electron chi connectivity index (χ2n) is 4.15. The fourth-order valence-corrected chi connectivity index (χ4v) is 3.67. The van der Waals surface area contributed by atoms with Gasteiger partial charge in [0.1, 0.15) is 0 Å². The van der Waals surface area contributed by atoms with Crippen LogP contribution >= 0.6 is 67.8 Å². The monoisotopic (exact) mass is 626 g/mol. The van der Waals surface area contributed by atoms with E-state index in [1.165, 1.54) is 0 Å². The summed E-state index contributed by atoms with van der Waals surface area (Å²) in [4.78, 5) is 23.2. The molecule has 0 bridgehead atoms. The Kier molecular flexibility index (Phi) is 8.46. The van der Waals surface area contributed by atoms with Gasteiger partial charge in [0.2, 0.25) is 0 Å². The van der Waals surface area contributed by atoms with Crippen LogP contribution in [0.15, 0.2) is 24.3 Å². The smallest absolute Gasteiger partial charge is 0.339 e. The van der Waals surface area contributed by atoms with E-state index in [0.29, 0.717) is 17.6 Å². The van der Waals surface area contributed by atoms with Gasteiger partial charge < -0.3 is 9.47 Å². The van der Waals surface area contributed by atoms with Crippen LogP contribution in [0.25, 0.3) is 0 Å². The van der Waals surface area contributed by atoms with Crippen molar-refractivity contribution in [2.45, 2.75) is 13.3 Å². The maximum atomic E-state index is 12.0. The fourth-order valence-electron chi connectivity index (χ4n) is 1.29. The number of hydrogen-bond acceptors (Lipinski definition) is 4. The number of halogens is 3. The van der Waals surface area contributed by atoms with Gasteiger partial charge in [-0.1, -0.05) is 6.58 Å². The SMILES string of the molecule is C=C(C)C(=O)OCCCOC(=O)c1cc(I)cc(I)c1I. The first-order valence-electron chi connectivity index (χ1n) is 5.97. The molecule has 0 unspecified atom stereocenters. The topological polar surface area (TPSA) is 52.6 Å². The van der Waals surface area contributed by atoms with Crippen LogP contribution in [0.3, 0.4) is 0 Å². The van der Waals surface area contributed by atoms with Crippen molar-refractivity contribution in [1.29, 1.82) is 0 Å². The zero-order valence-corrected chi connectivity index (χ0v) is 17.7. The van der Waals surface area contributed by atoms with E-state index in [4.69, 9.17) is 9.47 Å². The lowest BCUT2D eigenvalue weighted by atomic mass is 10.2. The number of ether oxygens (including phenoxy) is 2. The number of esters is 2. The summed E-state index contributed by atoms with van der Waals surface area (Å²) in [7, 11) is 0. The molecule has 0 aromatic heterocycles. The van der Waals surface area contributed by atoms with Gasteiger partial charge in [0.05, 0.1) is 18.8 Å². The van der Waals surface area contributed by atoms with Gasteiger partial charge in [0.25, 0.3) is 0 Å². The van der Waals surface area contributed by atoms with Crippen molar-refractivity contribution in [2.24, 2.45) is 0 Å². The number of carbonyl (C=O) groups excluding carboxylic acids is 2. The summed E-state index contributed by atoms with van der Waals surface area (Å²) < 4.78 is 13.0. The summed E-state index contributed by atoms with van der Waals surface area (Å²) in [5.41, 5.74) is 0.917. The molecule has 1 aromatic carbocycles. The van der Waals surface area contributed by atoms with Crippen molar-refractivity contribution in [1.82, 2.24) is 0 Å². The highest BCUT2D eigenvalue weighted by atomic mass is 127. The van der Waals surface area contributed by atoms with E-state index in [1.807, 2.05) is 6.07 Å². The van der Waals surface area contributed by atoms with E-state index in [-0.39, 0.29) is 19.2 Å². The van der Waals surface area contributed by atoms with Crippen LogP contribution in [0.2, 0.25) is 0 Å². The number of hydrogen-bond donors (Lipinski definition) is 0. The van der Waals surface area contributed by atoms with E-state index in [0.717, 1.165) is 10.7 Å². The molecule has 0 radical (unpaired) electrons. The molecule has 0 fully saturated rings. The van der Waals surface area contributed by atoms with Crippen molar-refractivity contribution in [3.05, 3.63) is 40.6 Å². The molecule has 1 aromatic rings. The van der Waals surface area contributed by atoms with Crippen molar-refractivity contribution in [2.75, 3.05) is 13.2 Å². The van der Waals surface area contributed by atoms with Crippen molar-refractivity contribution in [3.63, 3.8) is 0 Å². The molecule has 0 spiro atoms. The molecule has 4 nitrogen and oxygen atoms in total. The third kappa shape index (κ3) is 6.38. The number of rotatable bonds is 6. The largest absolute Gasteiger partial charge is 0.462 e. The summed E-state index contributed by atoms with van der Waals surface area (Å²) in [5, 5.41) is 0. The van der Waals surface area contributed by atoms with Crippen LogP contribution in [0.1, 0.15) is 23.7 Å². The third-order valence-corrected chi connectivity index (χ3v) is 5.98. The highest BCUT2D eigenvalue weighted by molar-refractivity contribution is 14.1. The Labute approximate surface area is 164 Å². The van der Waals surface area contributed by atoms with E-state index >= 15 is 0 Å². The Hall–Kier alpha value is 0.0900. The molecule has 114 valence electrons. The predicted octanol–water partition coefficient (Wildman–Crippen LogP) is 4.17. The van der Waals surface area contributed by atoms with Gasteiger partial charge in [-0.3, -0.25) is 0 Å². The minimum Gasteiger partial charge on any atom is -0.462 e. The average Bonchev–Trinajstić information content (AvgIpc) is 2.41. The third-order valence-electron chi connectivity index (χ3n) is 2.32. The van der Waals surface area contributed by atoms with Gasteiger partial charge in [-0.2, -0.15) is 0 Å². The first kappa shape index (κ1) is 19.1. The first-order valence-corrected chi connectivity index (χ1v) is 9.21. The lowest BCUT2D eigenvalue weighted by Crippen LogP contribution is -2.12. The molecule has 0 heterocycles. The summed E-state index contributed by atoms with van der Waals surface area (Å²) in [5.74, 6) is -0.787. The van der Waals surface area contributed by atoms with Crippen molar-refractivity contribution >= 4 is 79.7 Å². The van der Waals surface area contributed by atoms with Gasteiger partial charge in [0.15, 0.2) is 0 Å². The Morgan fingerprint density at radius 2 is 1.76 bits per heavy atom. The van der Waals surface area contributed by atoms with Crippen LogP contribution < -0.4 is 0 Å². The van der Waals surface area contributed by atoms with Gasteiger partial charge in [0, 0.05) is 22.7 Å². The second kappa shape index (κ2) is 9.28. The Morgan fingerprint density at radius 3 is 2.38 bits per heavy atom. The quantitative estimate of drug-likeness (QED) is 0.157. The Balaban J connectivity index is 2.45. The van der Waals surface area contributed by atoms with E-state index < -0.39 is 5.97 Å². The van der Waals surface area contributed by atoms with Gasteiger partial charge in [-0.25, -0.2) is 9.59 Å². The van der Waals surface area contributed by atoms with Crippen LogP contribution in [0.4, 0.5) is 0 Å². The van der Waals surface area contributed by atoms with Crippen LogP contribution in [0.5, 0.6) is 0 Å². The summed E-state index contributed by atoms with van der Waals surface area (Å²) in [6.45, 7) is 5.49. The van der Waals surface area contributed by atoms with Gasteiger partial charge in [-0.15, -0.1) is 0 Å². The van der Waals surface area contributed by atoms with E-state index in [1.54, 1.807) is 13.0 Å². The molecule has 0 saturated carbocycles. The molecule has 0 saturated heterocycles. The average molecular weight is 626 g/mol. The fraction of sp³-hybridized carbons (Fsp3) is 0.286. The minimum absolute atomic E-state index is 0.208. The molecule has 21 heavy (non-hydrogen) atoms. The maximum absolute atomic E-state index is 12.0. The van der Waals surface area contributed by atoms with E-state index in [2.05, 4.69) is 74.4 Å². The molecule has 0 aliphatic rings. The summed E-state index contributed by atoms with van der Waals surface area (Å²) in [6.07, 6.45) is 0.461. The lowest BCUT2D eigenvalue weighted by molar-refractivity contribution is -0.139. The minimum atomic E-state index is -0.428. The Morgan fingerprint density at radius 1 is 1.14 bits per heavy atom. The van der Waals surface area contributed by atoms with Gasteiger partial charge in [-0.05, 0) is 86.8 Å². The Bertz CT molecular complexity index is 570. The molecule has 0 amide bonds. The van der Waals surface area contributed by atoms with Crippen LogP contribution in [-0.4, -0.2) is 25.2 Å². The highest BCUT2D eigenvalue weighted by Gasteiger charge is 2.15. The molecule has 0 N–H and O–H groups in total. The number of carbonyl (C=O) groups is 2. The normalized spacial score (nSPS) is 10.1. The summed E-state index contributed by atoms with van der Waals surface area (Å²) >= 11 is 6.48. The molecule has 0 atom stereocenters. The van der Waals surface area contributed by atoms with Crippen LogP contribution in [0, 0.1) is 10.7 Å². The number of benzene rings is 1. The first-order chi connectivity index (χ1) is 9.82. The predicted molar refractivity (Wildman–Crippen MR) is 105 cm³/mol. The lowest BCUT2D eigenvalue weighted by Gasteiger charge is -2.09. The standard InChI is InChI=1S/C14H13I3O4/c1-8(2)13(18)20-4-3-5-21-14(19)10-6-9(15)7-11(16)12(10)17/h6-7H,1,3-5H2,2H3. The highest BCUT2D eigenvalue weighted by Crippen LogP contribution is 2.23. The molecule has 7 heteroatoms. The molecular formula is C14H13I3O4. The van der Waals surface area contributed by atoms with E-state index in [9.17, 15) is 9.59 Å². The molecular weight excluding hydrogens is 613 g/mol. The zero-order valence-electron chi connectivity index (χ0n) is 11.3.